The van der Waals surface area contributed by atoms with Gasteiger partial charge in [0.2, 0.25) is 0 Å². The number of nitrogens with zero attached hydrogens (tertiary/aromatic N) is 1. The Bertz CT molecular complexity index is 577. The molecule has 0 fully saturated rings. The number of carboxylic acid groups (broad SMARTS) is 1. The van der Waals surface area contributed by atoms with Gasteiger partial charge in [0.25, 0.3) is 11.6 Å². The van der Waals surface area contributed by atoms with Crippen LogP contribution in [0.15, 0.2) is 12.1 Å². The topological polar surface area (TPSA) is 110 Å². The van der Waals surface area contributed by atoms with Crippen LogP contribution in [0.1, 0.15) is 29.6 Å². The van der Waals surface area contributed by atoms with Crippen LogP contribution in [0.2, 0.25) is 10.0 Å². The molecule has 0 atom stereocenters. The molecule has 7 nitrogen and oxygen atoms in total. The number of nitro benzene ring substituents is 1. The number of carboxylic acids is 1. The molecule has 1 aromatic rings. The molecule has 9 heteroatoms. The number of rotatable bonds is 7. The van der Waals surface area contributed by atoms with Gasteiger partial charge in [-0.3, -0.25) is 19.7 Å². The first-order valence-corrected chi connectivity index (χ1v) is 6.72. The highest BCUT2D eigenvalue weighted by atomic mass is 35.5. The molecule has 0 aliphatic rings. The van der Waals surface area contributed by atoms with E-state index in [1.807, 2.05) is 0 Å². The van der Waals surface area contributed by atoms with Gasteiger partial charge < -0.3 is 10.4 Å². The van der Waals surface area contributed by atoms with E-state index in [1.54, 1.807) is 0 Å². The average Bonchev–Trinajstić information content (AvgIpc) is 2.40. The van der Waals surface area contributed by atoms with Gasteiger partial charge in [-0.15, -0.1) is 0 Å². The summed E-state index contributed by atoms with van der Waals surface area (Å²) < 4.78 is 0. The van der Waals surface area contributed by atoms with Crippen LogP contribution in [-0.2, 0) is 4.79 Å². The summed E-state index contributed by atoms with van der Waals surface area (Å²) in [5.41, 5.74) is -0.422. The van der Waals surface area contributed by atoms with Gasteiger partial charge in [0, 0.05) is 25.1 Å². The Kier molecular flexibility index (Phi) is 6.39. The van der Waals surface area contributed by atoms with Crippen LogP contribution in [-0.4, -0.2) is 28.5 Å². The maximum atomic E-state index is 11.9. The molecule has 21 heavy (non-hydrogen) atoms. The number of unbranched alkanes of at least 4 members (excludes halogenated alkanes) is 1. The van der Waals surface area contributed by atoms with Crippen molar-refractivity contribution >= 4 is 40.8 Å². The van der Waals surface area contributed by atoms with Crippen LogP contribution >= 0.6 is 23.2 Å². The second kappa shape index (κ2) is 7.80. The van der Waals surface area contributed by atoms with Gasteiger partial charge in [0.15, 0.2) is 0 Å². The maximum absolute atomic E-state index is 11.9. The Morgan fingerprint density at radius 1 is 1.29 bits per heavy atom. The molecule has 1 rings (SSSR count). The molecule has 0 aliphatic carbocycles. The number of amides is 1. The lowest BCUT2D eigenvalue weighted by Crippen LogP contribution is -2.25. The molecule has 0 saturated carbocycles. The molecule has 0 bridgehead atoms. The van der Waals surface area contributed by atoms with Crippen LogP contribution in [0.25, 0.3) is 0 Å². The zero-order valence-corrected chi connectivity index (χ0v) is 12.3. The van der Waals surface area contributed by atoms with Gasteiger partial charge in [0.1, 0.15) is 0 Å². The van der Waals surface area contributed by atoms with E-state index < -0.39 is 16.8 Å². The van der Waals surface area contributed by atoms with Gasteiger partial charge in [-0.1, -0.05) is 23.2 Å². The smallest absolute Gasteiger partial charge is 0.303 e. The third kappa shape index (κ3) is 5.20. The molecule has 0 heterocycles. The van der Waals surface area contributed by atoms with Crippen molar-refractivity contribution in [2.24, 2.45) is 0 Å². The number of nitro groups is 1. The molecule has 114 valence electrons. The Morgan fingerprint density at radius 3 is 2.52 bits per heavy atom. The highest BCUT2D eigenvalue weighted by Gasteiger charge is 2.19. The van der Waals surface area contributed by atoms with Gasteiger partial charge in [-0.25, -0.2) is 0 Å². The minimum Gasteiger partial charge on any atom is -0.481 e. The van der Waals surface area contributed by atoms with Crippen LogP contribution in [0, 0.1) is 10.1 Å². The Balaban J connectivity index is 2.69. The third-order valence-corrected chi connectivity index (χ3v) is 3.37. The third-order valence-electron chi connectivity index (χ3n) is 2.57. The second-order valence-electron chi connectivity index (χ2n) is 4.15. The highest BCUT2D eigenvalue weighted by Crippen LogP contribution is 2.30. The lowest BCUT2D eigenvalue weighted by molar-refractivity contribution is -0.384. The predicted octanol–water partition coefficient (Wildman–Crippen LogP) is 2.89. The number of carbonyl (C=O) groups excluding carboxylic acids is 1. The lowest BCUT2D eigenvalue weighted by atomic mass is 10.1. The number of aliphatic carboxylic acids is 1. The largest absolute Gasteiger partial charge is 0.481 e. The summed E-state index contributed by atoms with van der Waals surface area (Å²) >= 11 is 11.6. The first-order chi connectivity index (χ1) is 9.82. The van der Waals surface area contributed by atoms with Crippen molar-refractivity contribution < 1.29 is 19.6 Å². The predicted molar refractivity (Wildman–Crippen MR) is 76.9 cm³/mol. The quantitative estimate of drug-likeness (QED) is 0.452. The van der Waals surface area contributed by atoms with Crippen molar-refractivity contribution in [2.75, 3.05) is 6.54 Å². The minimum atomic E-state index is -0.908. The van der Waals surface area contributed by atoms with E-state index in [1.165, 1.54) is 0 Å². The molecule has 0 aromatic heterocycles. The number of hydrogen-bond acceptors (Lipinski definition) is 4. The van der Waals surface area contributed by atoms with E-state index in [2.05, 4.69) is 5.32 Å². The summed E-state index contributed by atoms with van der Waals surface area (Å²) in [5, 5.41) is 21.5. The molecular formula is C12H12Cl2N2O5. The Labute approximate surface area is 130 Å². The monoisotopic (exact) mass is 334 g/mol. The summed E-state index contributed by atoms with van der Waals surface area (Å²) in [6, 6.07) is 2.11. The fraction of sp³-hybridized carbons (Fsp3) is 0.333. The molecule has 0 radical (unpaired) electrons. The minimum absolute atomic E-state index is 0.0132. The molecular weight excluding hydrogens is 323 g/mol. The van der Waals surface area contributed by atoms with Gasteiger partial charge >= 0.3 is 5.97 Å². The molecule has 0 unspecified atom stereocenters. The summed E-state index contributed by atoms with van der Waals surface area (Å²) in [6.45, 7) is 0.239. The summed E-state index contributed by atoms with van der Waals surface area (Å²) in [7, 11) is 0. The van der Waals surface area contributed by atoms with Crippen molar-refractivity contribution in [3.8, 4) is 0 Å². The molecule has 1 aromatic carbocycles. The molecule has 0 aliphatic heterocycles. The number of hydrogen-bond donors (Lipinski definition) is 2. The lowest BCUT2D eigenvalue weighted by Gasteiger charge is -2.07. The standard InChI is InChI=1S/C12H12Cl2N2O5/c13-9-6-7(16(20)21)5-8(11(9)14)12(19)15-4-2-1-3-10(17)18/h5-6H,1-4H2,(H,15,19)(H,17,18). The maximum Gasteiger partial charge on any atom is 0.303 e. The first-order valence-electron chi connectivity index (χ1n) is 5.96. The van der Waals surface area contributed by atoms with E-state index in [9.17, 15) is 19.7 Å². The molecule has 2 N–H and O–H groups in total. The van der Waals surface area contributed by atoms with Crippen LogP contribution < -0.4 is 5.32 Å². The summed E-state index contributed by atoms with van der Waals surface area (Å²) in [4.78, 5) is 32.3. The van der Waals surface area contributed by atoms with E-state index in [0.29, 0.717) is 12.8 Å². The van der Waals surface area contributed by atoms with E-state index in [4.69, 9.17) is 28.3 Å². The van der Waals surface area contributed by atoms with Gasteiger partial charge in [0.05, 0.1) is 20.5 Å². The number of nitrogens with one attached hydrogen (secondary N) is 1. The Morgan fingerprint density at radius 2 is 1.95 bits per heavy atom. The number of carbonyl (C=O) groups is 2. The summed E-state index contributed by atoms with van der Waals surface area (Å²) in [5.74, 6) is -1.50. The molecule has 0 saturated heterocycles. The van der Waals surface area contributed by atoms with Crippen LogP contribution in [0.4, 0.5) is 5.69 Å². The number of non-ortho nitro benzene ring substituents is 1. The first kappa shape index (κ1) is 17.2. The van der Waals surface area contributed by atoms with Crippen molar-refractivity contribution in [3.63, 3.8) is 0 Å². The zero-order valence-electron chi connectivity index (χ0n) is 10.8. The van der Waals surface area contributed by atoms with E-state index in [0.717, 1.165) is 12.1 Å². The van der Waals surface area contributed by atoms with Crippen LogP contribution in [0.3, 0.4) is 0 Å². The molecule has 0 spiro atoms. The van der Waals surface area contributed by atoms with Gasteiger partial charge in [-0.2, -0.15) is 0 Å². The molecule has 1 amide bonds. The Hall–Kier alpha value is -1.86. The number of halogens is 2. The van der Waals surface area contributed by atoms with Crippen molar-refractivity contribution in [2.45, 2.75) is 19.3 Å². The van der Waals surface area contributed by atoms with Crippen LogP contribution in [0.5, 0.6) is 0 Å². The second-order valence-corrected chi connectivity index (χ2v) is 4.94. The zero-order chi connectivity index (χ0) is 16.0. The van der Waals surface area contributed by atoms with Gasteiger partial charge in [-0.05, 0) is 12.8 Å². The van der Waals surface area contributed by atoms with Crippen molar-refractivity contribution in [1.29, 1.82) is 0 Å². The fourth-order valence-corrected chi connectivity index (χ4v) is 1.95. The SMILES string of the molecule is O=C(O)CCCCNC(=O)c1cc([N+](=O)[O-])cc(Cl)c1Cl. The summed E-state index contributed by atoms with van der Waals surface area (Å²) in [6.07, 6.45) is 0.899. The highest BCUT2D eigenvalue weighted by molar-refractivity contribution is 6.44. The van der Waals surface area contributed by atoms with E-state index in [-0.39, 0.29) is 34.3 Å². The normalized spacial score (nSPS) is 10.2. The van der Waals surface area contributed by atoms with Crippen molar-refractivity contribution in [3.05, 3.63) is 37.9 Å². The average molecular weight is 335 g/mol. The number of benzene rings is 1. The fourth-order valence-electron chi connectivity index (χ4n) is 1.54. The van der Waals surface area contributed by atoms with E-state index >= 15 is 0 Å². The van der Waals surface area contributed by atoms with Crippen molar-refractivity contribution in [1.82, 2.24) is 5.32 Å².